The molecule has 0 atom stereocenters. The zero-order valence-electron chi connectivity index (χ0n) is 9.94. The molecule has 0 saturated carbocycles. The first kappa shape index (κ1) is 15.6. The van der Waals surface area contributed by atoms with Gasteiger partial charge in [-0.1, -0.05) is 21.6 Å². The zero-order valence-corrected chi connectivity index (χ0v) is 11.6. The van der Waals surface area contributed by atoms with Gasteiger partial charge >= 0.3 is 11.9 Å². The second-order valence-corrected chi connectivity index (χ2v) is 7.37. The summed E-state index contributed by atoms with van der Waals surface area (Å²) in [6.07, 6.45) is 0. The van der Waals surface area contributed by atoms with Crippen LogP contribution in [0.2, 0.25) is 0 Å². The second-order valence-electron chi connectivity index (χ2n) is 4.90. The highest BCUT2D eigenvalue weighted by Crippen LogP contribution is 2.34. The molecule has 0 fully saturated rings. The Kier molecular flexibility index (Phi) is 5.69. The van der Waals surface area contributed by atoms with Crippen LogP contribution in [0.1, 0.15) is 27.7 Å². The van der Waals surface area contributed by atoms with Crippen molar-refractivity contribution in [2.45, 2.75) is 27.7 Å². The lowest BCUT2D eigenvalue weighted by atomic mass is 9.97. The molecule has 0 unspecified atom stereocenters. The summed E-state index contributed by atoms with van der Waals surface area (Å²) in [5.41, 5.74) is -1.55. The van der Waals surface area contributed by atoms with E-state index >= 15 is 0 Å². The van der Waals surface area contributed by atoms with Crippen molar-refractivity contribution in [3.05, 3.63) is 0 Å². The van der Waals surface area contributed by atoms with Crippen LogP contribution >= 0.6 is 21.6 Å². The van der Waals surface area contributed by atoms with Crippen molar-refractivity contribution in [3.8, 4) is 0 Å². The normalized spacial score (nSPS) is 12.5. The highest BCUT2D eigenvalue weighted by Gasteiger charge is 2.29. The van der Waals surface area contributed by atoms with Crippen LogP contribution in [0.25, 0.3) is 0 Å². The molecule has 0 amide bonds. The van der Waals surface area contributed by atoms with Gasteiger partial charge in [0.1, 0.15) is 0 Å². The third-order valence-electron chi connectivity index (χ3n) is 2.08. The first-order chi connectivity index (χ1) is 7.09. The molecule has 2 N–H and O–H groups in total. The fraction of sp³-hybridized carbons (Fsp3) is 0.800. The third kappa shape index (κ3) is 5.12. The summed E-state index contributed by atoms with van der Waals surface area (Å²) in [6, 6.07) is 0. The largest absolute Gasteiger partial charge is 0.481 e. The van der Waals surface area contributed by atoms with E-state index in [9.17, 15) is 9.59 Å². The van der Waals surface area contributed by atoms with Gasteiger partial charge in [0.25, 0.3) is 0 Å². The molecule has 6 heteroatoms. The van der Waals surface area contributed by atoms with Crippen LogP contribution in [-0.2, 0) is 9.59 Å². The average molecular weight is 266 g/mol. The van der Waals surface area contributed by atoms with Gasteiger partial charge in [0.05, 0.1) is 10.8 Å². The Morgan fingerprint density at radius 2 is 1.12 bits per heavy atom. The SMILES string of the molecule is CC(C)(CSSCC(C)(C)C(=O)O)C(=O)O. The number of aliphatic carboxylic acids is 2. The smallest absolute Gasteiger partial charge is 0.309 e. The maximum absolute atomic E-state index is 10.8. The number of hydrogen-bond donors (Lipinski definition) is 2. The molecule has 0 spiro atoms. The van der Waals surface area contributed by atoms with E-state index in [1.165, 1.54) is 21.6 Å². The molecule has 0 aromatic carbocycles. The van der Waals surface area contributed by atoms with Crippen LogP contribution in [0.5, 0.6) is 0 Å². The molecular weight excluding hydrogens is 248 g/mol. The van der Waals surface area contributed by atoms with Crippen LogP contribution in [0.4, 0.5) is 0 Å². The first-order valence-electron chi connectivity index (χ1n) is 4.81. The zero-order chi connectivity index (χ0) is 13.0. The van der Waals surface area contributed by atoms with Crippen molar-refractivity contribution in [1.29, 1.82) is 0 Å². The lowest BCUT2D eigenvalue weighted by molar-refractivity contribution is -0.146. The minimum absolute atomic E-state index is 0.461. The highest BCUT2D eigenvalue weighted by atomic mass is 33.1. The molecule has 0 aliphatic heterocycles. The Morgan fingerprint density at radius 1 is 0.875 bits per heavy atom. The topological polar surface area (TPSA) is 74.6 Å². The van der Waals surface area contributed by atoms with E-state index in [4.69, 9.17) is 10.2 Å². The third-order valence-corrected chi connectivity index (χ3v) is 5.13. The quantitative estimate of drug-likeness (QED) is 0.545. The molecule has 0 bridgehead atoms. The summed E-state index contributed by atoms with van der Waals surface area (Å²) in [5.74, 6) is -0.748. The van der Waals surface area contributed by atoms with E-state index < -0.39 is 22.8 Å². The minimum Gasteiger partial charge on any atom is -0.481 e. The van der Waals surface area contributed by atoms with E-state index in [0.717, 1.165) is 0 Å². The lowest BCUT2D eigenvalue weighted by Crippen LogP contribution is -2.27. The van der Waals surface area contributed by atoms with E-state index in [-0.39, 0.29) is 0 Å². The number of rotatable bonds is 7. The van der Waals surface area contributed by atoms with E-state index in [1.54, 1.807) is 27.7 Å². The molecule has 4 nitrogen and oxygen atoms in total. The van der Waals surface area contributed by atoms with Gasteiger partial charge in [-0.05, 0) is 27.7 Å². The van der Waals surface area contributed by atoms with Gasteiger partial charge in [0, 0.05) is 11.5 Å². The Morgan fingerprint density at radius 3 is 1.31 bits per heavy atom. The monoisotopic (exact) mass is 266 g/mol. The molecular formula is C10H18O4S2. The van der Waals surface area contributed by atoms with Crippen molar-refractivity contribution < 1.29 is 19.8 Å². The number of hydrogen-bond acceptors (Lipinski definition) is 4. The fourth-order valence-corrected chi connectivity index (χ4v) is 3.77. The summed E-state index contributed by atoms with van der Waals surface area (Å²) in [4.78, 5) is 21.6. The van der Waals surface area contributed by atoms with Crippen molar-refractivity contribution >= 4 is 33.5 Å². The molecule has 16 heavy (non-hydrogen) atoms. The second kappa shape index (κ2) is 5.82. The Labute approximate surface area is 104 Å². The van der Waals surface area contributed by atoms with Crippen molar-refractivity contribution in [2.75, 3.05) is 11.5 Å². The Bertz CT molecular complexity index is 246. The van der Waals surface area contributed by atoms with Gasteiger partial charge < -0.3 is 10.2 Å². The number of carboxylic acids is 2. The number of carboxylic acid groups (broad SMARTS) is 2. The van der Waals surface area contributed by atoms with Crippen LogP contribution in [0.3, 0.4) is 0 Å². The van der Waals surface area contributed by atoms with Gasteiger partial charge in [-0.25, -0.2) is 0 Å². The summed E-state index contributed by atoms with van der Waals surface area (Å²) in [6.45, 7) is 6.63. The maximum Gasteiger partial charge on any atom is 0.309 e. The lowest BCUT2D eigenvalue weighted by Gasteiger charge is -2.20. The van der Waals surface area contributed by atoms with Crippen LogP contribution in [0, 0.1) is 10.8 Å². The molecule has 0 aliphatic carbocycles. The van der Waals surface area contributed by atoms with Crippen molar-refractivity contribution in [1.82, 2.24) is 0 Å². The van der Waals surface area contributed by atoms with Crippen LogP contribution in [-0.4, -0.2) is 33.7 Å². The molecule has 0 radical (unpaired) electrons. The van der Waals surface area contributed by atoms with Gasteiger partial charge in [0.2, 0.25) is 0 Å². The van der Waals surface area contributed by atoms with Crippen LogP contribution in [0.15, 0.2) is 0 Å². The van der Waals surface area contributed by atoms with Crippen molar-refractivity contribution in [3.63, 3.8) is 0 Å². The van der Waals surface area contributed by atoms with Gasteiger partial charge in [-0.15, -0.1) is 0 Å². The van der Waals surface area contributed by atoms with Crippen molar-refractivity contribution in [2.24, 2.45) is 10.8 Å². The minimum atomic E-state index is -0.835. The molecule has 0 heterocycles. The predicted molar refractivity (Wildman–Crippen MR) is 67.7 cm³/mol. The molecule has 94 valence electrons. The van der Waals surface area contributed by atoms with Gasteiger partial charge in [-0.3, -0.25) is 9.59 Å². The molecule has 0 saturated heterocycles. The van der Waals surface area contributed by atoms with E-state index in [0.29, 0.717) is 11.5 Å². The standard InChI is InChI=1S/C10H18O4S2/c1-9(2,7(11)12)5-15-16-6-10(3,4)8(13)14/h5-6H2,1-4H3,(H,11,12)(H,13,14). The van der Waals surface area contributed by atoms with Gasteiger partial charge in [-0.2, -0.15) is 0 Å². The fourth-order valence-electron chi connectivity index (χ4n) is 0.501. The number of carbonyl (C=O) groups is 2. The summed E-state index contributed by atoms with van der Waals surface area (Å²) in [5, 5.41) is 17.7. The Balaban J connectivity index is 3.94. The first-order valence-corrected chi connectivity index (χ1v) is 7.29. The van der Waals surface area contributed by atoms with Crippen LogP contribution < -0.4 is 0 Å². The average Bonchev–Trinajstić information content (AvgIpc) is 2.12. The predicted octanol–water partition coefficient (Wildman–Crippen LogP) is 2.59. The molecule has 0 aliphatic rings. The van der Waals surface area contributed by atoms with E-state index in [2.05, 4.69) is 0 Å². The molecule has 0 aromatic rings. The molecule has 0 rings (SSSR count). The summed E-state index contributed by atoms with van der Waals surface area (Å²) >= 11 is 0. The summed E-state index contributed by atoms with van der Waals surface area (Å²) in [7, 11) is 2.81. The molecule has 0 aromatic heterocycles. The maximum atomic E-state index is 10.8. The highest BCUT2D eigenvalue weighted by molar-refractivity contribution is 8.76. The van der Waals surface area contributed by atoms with Gasteiger partial charge in [0.15, 0.2) is 0 Å². The Hall–Kier alpha value is -0.360. The summed E-state index contributed by atoms with van der Waals surface area (Å²) < 4.78 is 0. The van der Waals surface area contributed by atoms with E-state index in [1.807, 2.05) is 0 Å².